The molecule has 1 aliphatic rings. The van der Waals surface area contributed by atoms with Crippen molar-refractivity contribution in [3.8, 4) is 11.5 Å². The van der Waals surface area contributed by atoms with Gasteiger partial charge in [0.05, 0.1) is 31.2 Å². The molecule has 0 aliphatic carbocycles. The lowest BCUT2D eigenvalue weighted by Gasteiger charge is -2.23. The predicted molar refractivity (Wildman–Crippen MR) is 113 cm³/mol. The number of rotatable bonds is 4. The molecule has 31 heavy (non-hydrogen) atoms. The van der Waals surface area contributed by atoms with Gasteiger partial charge in [0.2, 0.25) is 11.7 Å². The molecule has 8 nitrogen and oxygen atoms in total. The van der Waals surface area contributed by atoms with Crippen molar-refractivity contribution in [2.24, 2.45) is 0 Å². The van der Waals surface area contributed by atoms with Crippen molar-refractivity contribution in [1.29, 1.82) is 0 Å². The average Bonchev–Trinajstić information content (AvgIpc) is 3.11. The maximum Gasteiger partial charge on any atom is 0.297 e. The highest BCUT2D eigenvalue weighted by atomic mass is 16.5. The Morgan fingerprint density at radius 1 is 0.935 bits per heavy atom. The molecule has 0 spiro atoms. The summed E-state index contributed by atoms with van der Waals surface area (Å²) < 4.78 is 16.7. The number of ether oxygens (including phenoxy) is 2. The molecule has 4 aromatic rings. The number of nitrogens with zero attached hydrogens (tertiary/aromatic N) is 3. The van der Waals surface area contributed by atoms with Crippen LogP contribution in [0.3, 0.4) is 0 Å². The van der Waals surface area contributed by atoms with Gasteiger partial charge in [-0.25, -0.2) is 9.97 Å². The average molecular weight is 415 g/mol. The van der Waals surface area contributed by atoms with Crippen LogP contribution in [0.2, 0.25) is 0 Å². The first kappa shape index (κ1) is 18.8. The zero-order chi connectivity index (χ0) is 21.5. The number of hydrogen-bond acceptors (Lipinski definition) is 7. The highest BCUT2D eigenvalue weighted by molar-refractivity contribution is 6.09. The van der Waals surface area contributed by atoms with E-state index in [-0.39, 0.29) is 22.7 Å². The van der Waals surface area contributed by atoms with Gasteiger partial charge >= 0.3 is 0 Å². The van der Waals surface area contributed by atoms with E-state index in [9.17, 15) is 9.59 Å². The zero-order valence-corrected chi connectivity index (χ0v) is 16.7. The lowest BCUT2D eigenvalue weighted by atomic mass is 9.98. The second-order valence-corrected chi connectivity index (χ2v) is 6.91. The van der Waals surface area contributed by atoms with Crippen molar-refractivity contribution >= 4 is 22.8 Å². The molecule has 5 rings (SSSR count). The molecule has 0 fully saturated rings. The summed E-state index contributed by atoms with van der Waals surface area (Å²) in [5.41, 5.74) is 0.952. The summed E-state index contributed by atoms with van der Waals surface area (Å²) in [6.45, 7) is 0. The van der Waals surface area contributed by atoms with Crippen LogP contribution in [0.15, 0.2) is 70.1 Å². The third-order valence-corrected chi connectivity index (χ3v) is 5.27. The van der Waals surface area contributed by atoms with Crippen LogP contribution in [0.4, 0.5) is 5.95 Å². The summed E-state index contributed by atoms with van der Waals surface area (Å²) in [4.78, 5) is 36.7. The lowest BCUT2D eigenvalue weighted by molar-refractivity contribution is 0.0969. The maximum atomic E-state index is 13.5. The highest BCUT2D eigenvalue weighted by Crippen LogP contribution is 2.42. The molecule has 3 heterocycles. The van der Waals surface area contributed by atoms with E-state index in [2.05, 4.69) is 9.97 Å². The first-order valence-electron chi connectivity index (χ1n) is 9.52. The van der Waals surface area contributed by atoms with Crippen LogP contribution in [-0.4, -0.2) is 30.1 Å². The van der Waals surface area contributed by atoms with Gasteiger partial charge in [-0.2, -0.15) is 0 Å². The Morgan fingerprint density at radius 3 is 2.42 bits per heavy atom. The standard InChI is InChI=1S/C23H17N3O5/c1-29-16-9-8-13(12-17(16)30-2)19-18-20(27)14-6-3-4-7-15(14)31-21(18)22(28)26(19)23-24-10-5-11-25-23/h3-12,19H,1-2H3. The number of fused-ring (bicyclic) bond motifs is 2. The molecular weight excluding hydrogens is 398 g/mol. The van der Waals surface area contributed by atoms with Gasteiger partial charge in [-0.1, -0.05) is 18.2 Å². The Bertz CT molecular complexity index is 1370. The van der Waals surface area contributed by atoms with Gasteiger partial charge in [-0.15, -0.1) is 0 Å². The number of aromatic nitrogens is 2. The fraction of sp³-hybridized carbons (Fsp3) is 0.130. The molecule has 0 bridgehead atoms. The molecule has 1 unspecified atom stereocenters. The van der Waals surface area contributed by atoms with Gasteiger partial charge in [0.15, 0.2) is 16.9 Å². The number of carbonyl (C=O) groups is 1. The van der Waals surface area contributed by atoms with E-state index < -0.39 is 11.9 Å². The molecule has 0 saturated carbocycles. The Kier molecular flexibility index (Phi) is 4.39. The number of amides is 1. The first-order chi connectivity index (χ1) is 15.1. The monoisotopic (exact) mass is 415 g/mol. The fourth-order valence-electron chi connectivity index (χ4n) is 3.88. The van der Waals surface area contributed by atoms with Gasteiger partial charge in [0, 0.05) is 12.4 Å². The van der Waals surface area contributed by atoms with Crippen molar-refractivity contribution < 1.29 is 18.7 Å². The van der Waals surface area contributed by atoms with Crippen LogP contribution in [0, 0.1) is 0 Å². The molecule has 0 N–H and O–H groups in total. The van der Waals surface area contributed by atoms with E-state index in [0.717, 1.165) is 0 Å². The largest absolute Gasteiger partial charge is 0.493 e. The van der Waals surface area contributed by atoms with Crippen molar-refractivity contribution in [3.63, 3.8) is 0 Å². The number of benzene rings is 2. The minimum Gasteiger partial charge on any atom is -0.493 e. The van der Waals surface area contributed by atoms with Crippen LogP contribution in [0.5, 0.6) is 11.5 Å². The third-order valence-electron chi connectivity index (χ3n) is 5.27. The molecule has 2 aromatic heterocycles. The summed E-state index contributed by atoms with van der Waals surface area (Å²) in [5, 5.41) is 0.398. The number of methoxy groups -OCH3 is 2. The molecule has 8 heteroatoms. The van der Waals surface area contributed by atoms with Crippen molar-refractivity contribution in [2.75, 3.05) is 19.1 Å². The van der Waals surface area contributed by atoms with Gasteiger partial charge in [-0.05, 0) is 35.9 Å². The van der Waals surface area contributed by atoms with Crippen molar-refractivity contribution in [3.05, 3.63) is 88.0 Å². The van der Waals surface area contributed by atoms with E-state index in [1.807, 2.05) is 0 Å². The predicted octanol–water partition coefficient (Wildman–Crippen LogP) is 3.35. The summed E-state index contributed by atoms with van der Waals surface area (Å²) in [6.07, 6.45) is 3.08. The SMILES string of the molecule is COc1ccc(C2c3c(oc4ccccc4c3=O)C(=O)N2c2ncccn2)cc1OC. The van der Waals surface area contributed by atoms with E-state index in [1.54, 1.807) is 48.5 Å². The maximum absolute atomic E-state index is 13.5. The van der Waals surface area contributed by atoms with Crippen LogP contribution >= 0.6 is 0 Å². The number of hydrogen-bond donors (Lipinski definition) is 0. The molecule has 0 saturated heterocycles. The van der Waals surface area contributed by atoms with Crippen LogP contribution < -0.4 is 19.8 Å². The molecule has 2 aromatic carbocycles. The Balaban J connectivity index is 1.81. The Labute approximate surface area is 176 Å². The van der Waals surface area contributed by atoms with Gasteiger partial charge < -0.3 is 13.9 Å². The van der Waals surface area contributed by atoms with Crippen LogP contribution in [-0.2, 0) is 0 Å². The van der Waals surface area contributed by atoms with Crippen molar-refractivity contribution in [1.82, 2.24) is 9.97 Å². The summed E-state index contributed by atoms with van der Waals surface area (Å²) in [6, 6.07) is 13.0. The topological polar surface area (TPSA) is 94.8 Å². The number of anilines is 1. The Hall–Kier alpha value is -4.20. The van der Waals surface area contributed by atoms with Gasteiger partial charge in [0.1, 0.15) is 5.58 Å². The zero-order valence-electron chi connectivity index (χ0n) is 16.7. The number of carbonyl (C=O) groups excluding carboxylic acids is 1. The fourth-order valence-corrected chi connectivity index (χ4v) is 3.88. The van der Waals surface area contributed by atoms with Gasteiger partial charge in [0.25, 0.3) is 5.91 Å². The summed E-state index contributed by atoms with van der Waals surface area (Å²) in [5.74, 6) is 0.672. The molecular formula is C23H17N3O5. The van der Waals surface area contributed by atoms with E-state index >= 15 is 0 Å². The summed E-state index contributed by atoms with van der Waals surface area (Å²) >= 11 is 0. The van der Waals surface area contributed by atoms with Crippen molar-refractivity contribution in [2.45, 2.75) is 6.04 Å². The van der Waals surface area contributed by atoms with Crippen LogP contribution in [0.1, 0.15) is 27.7 Å². The second kappa shape index (κ2) is 7.24. The number of para-hydroxylation sites is 1. The van der Waals surface area contributed by atoms with E-state index in [0.29, 0.717) is 28.0 Å². The lowest BCUT2D eigenvalue weighted by Crippen LogP contribution is -2.31. The highest BCUT2D eigenvalue weighted by Gasteiger charge is 2.45. The second-order valence-electron chi connectivity index (χ2n) is 6.91. The Morgan fingerprint density at radius 2 is 1.68 bits per heavy atom. The first-order valence-corrected chi connectivity index (χ1v) is 9.52. The quantitative estimate of drug-likeness (QED) is 0.504. The summed E-state index contributed by atoms with van der Waals surface area (Å²) in [7, 11) is 3.06. The molecule has 1 aliphatic heterocycles. The molecule has 0 radical (unpaired) electrons. The molecule has 154 valence electrons. The minimum absolute atomic E-state index is 0.0177. The van der Waals surface area contributed by atoms with Gasteiger partial charge in [-0.3, -0.25) is 14.5 Å². The normalized spacial score (nSPS) is 15.2. The van der Waals surface area contributed by atoms with E-state index in [1.165, 1.54) is 31.5 Å². The molecule has 1 atom stereocenters. The smallest absolute Gasteiger partial charge is 0.297 e. The minimum atomic E-state index is -0.787. The van der Waals surface area contributed by atoms with Crippen LogP contribution in [0.25, 0.3) is 11.0 Å². The van der Waals surface area contributed by atoms with E-state index in [4.69, 9.17) is 13.9 Å². The molecule has 1 amide bonds. The third kappa shape index (κ3) is 2.83.